The van der Waals surface area contributed by atoms with Crippen LogP contribution in [0.4, 0.5) is 0 Å². The molecule has 0 amide bonds. The summed E-state index contributed by atoms with van der Waals surface area (Å²) in [5, 5.41) is 1.28. The highest BCUT2D eigenvalue weighted by Crippen LogP contribution is 2.35. The summed E-state index contributed by atoms with van der Waals surface area (Å²) in [6.45, 7) is 1.98. The van der Waals surface area contributed by atoms with E-state index in [0.717, 1.165) is 16.7 Å². The van der Waals surface area contributed by atoms with E-state index < -0.39 is 9.84 Å². The molecule has 2 N–H and O–H groups in total. The summed E-state index contributed by atoms with van der Waals surface area (Å²) >= 11 is 0. The van der Waals surface area contributed by atoms with Crippen molar-refractivity contribution in [3.8, 4) is 0 Å². The average Bonchev–Trinajstić information content (AvgIpc) is 2.39. The quantitative estimate of drug-likeness (QED) is 0.768. The molecular formula is C10H11NO3S. The van der Waals surface area contributed by atoms with Crippen LogP contribution in [-0.4, -0.2) is 8.42 Å². The van der Waals surface area contributed by atoms with Crippen LogP contribution in [0.25, 0.3) is 5.57 Å². The average molecular weight is 225 g/mol. The first kappa shape index (κ1) is 10.4. The minimum atomic E-state index is -3.25. The number of hydrogen-bond donors (Lipinski definition) is 1. The lowest BCUT2D eigenvalue weighted by Crippen LogP contribution is -2.03. The Kier molecular flexibility index (Phi) is 2.38. The predicted molar refractivity (Wildman–Crippen MR) is 56.3 cm³/mol. The molecule has 0 atom stereocenters. The van der Waals surface area contributed by atoms with E-state index in [2.05, 4.69) is 4.84 Å². The van der Waals surface area contributed by atoms with Crippen molar-refractivity contribution in [1.29, 1.82) is 0 Å². The maximum Gasteiger partial charge on any atom is 0.200 e. The Bertz CT molecular complexity index is 532. The zero-order valence-electron chi connectivity index (χ0n) is 8.23. The molecule has 1 aliphatic heterocycles. The second-order valence-electron chi connectivity index (χ2n) is 3.45. The van der Waals surface area contributed by atoms with Gasteiger partial charge in [-0.15, -0.1) is 0 Å². The van der Waals surface area contributed by atoms with Crippen LogP contribution in [0.15, 0.2) is 28.5 Å². The Morgan fingerprint density at radius 2 is 2.13 bits per heavy atom. The van der Waals surface area contributed by atoms with Gasteiger partial charge >= 0.3 is 0 Å². The third-order valence-electron chi connectivity index (χ3n) is 2.38. The smallest absolute Gasteiger partial charge is 0.200 e. The number of fused-ring (bicyclic) bond motifs is 1. The zero-order valence-corrected chi connectivity index (χ0v) is 9.04. The highest BCUT2D eigenvalue weighted by Gasteiger charge is 2.26. The van der Waals surface area contributed by atoms with Crippen LogP contribution in [0.5, 0.6) is 0 Å². The normalized spacial score (nSPS) is 17.3. The maximum atomic E-state index is 11.7. The first-order chi connectivity index (χ1) is 7.06. The summed E-state index contributed by atoms with van der Waals surface area (Å²) in [4.78, 5) is 4.89. The number of nitrogens with two attached hydrogens (primary N) is 1. The molecule has 80 valence electrons. The molecule has 15 heavy (non-hydrogen) atoms. The molecule has 0 aromatic heterocycles. The minimum absolute atomic E-state index is 0.212. The molecule has 0 bridgehead atoms. The third-order valence-corrected chi connectivity index (χ3v) is 4.00. The Morgan fingerprint density at radius 3 is 2.80 bits per heavy atom. The Morgan fingerprint density at radius 1 is 1.40 bits per heavy atom. The Labute approximate surface area is 88.2 Å². The largest absolute Gasteiger partial charge is 0.300 e. The second kappa shape index (κ2) is 3.44. The van der Waals surface area contributed by atoms with Crippen molar-refractivity contribution in [2.45, 2.75) is 18.4 Å². The van der Waals surface area contributed by atoms with Crippen molar-refractivity contribution >= 4 is 15.4 Å². The molecule has 1 aromatic rings. The third kappa shape index (κ3) is 1.58. The number of rotatable bonds is 2. The topological polar surface area (TPSA) is 69.4 Å². The van der Waals surface area contributed by atoms with Gasteiger partial charge in [-0.1, -0.05) is 12.1 Å². The zero-order chi connectivity index (χ0) is 11.1. The molecule has 0 fully saturated rings. The minimum Gasteiger partial charge on any atom is -0.300 e. The van der Waals surface area contributed by atoms with Gasteiger partial charge in [0, 0.05) is 11.0 Å². The molecule has 1 aromatic carbocycles. The molecule has 1 heterocycles. The molecule has 1 aliphatic rings. The number of benzene rings is 1. The van der Waals surface area contributed by atoms with Crippen LogP contribution < -0.4 is 5.90 Å². The molecule has 0 radical (unpaired) electrons. The van der Waals surface area contributed by atoms with Gasteiger partial charge < -0.3 is 0 Å². The van der Waals surface area contributed by atoms with Gasteiger partial charge in [0.1, 0.15) is 0 Å². The van der Waals surface area contributed by atoms with Gasteiger partial charge in [0.2, 0.25) is 9.84 Å². The van der Waals surface area contributed by atoms with E-state index in [1.807, 2.05) is 6.07 Å². The fourth-order valence-electron chi connectivity index (χ4n) is 1.83. The van der Waals surface area contributed by atoms with Crippen LogP contribution in [0.2, 0.25) is 0 Å². The molecule has 0 aliphatic carbocycles. The molecule has 0 spiro atoms. The van der Waals surface area contributed by atoms with Crippen LogP contribution in [0.1, 0.15) is 18.1 Å². The first-order valence-electron chi connectivity index (χ1n) is 4.43. The number of hydrogen-bond acceptors (Lipinski definition) is 4. The van der Waals surface area contributed by atoms with Crippen molar-refractivity contribution in [1.82, 2.24) is 0 Å². The summed E-state index contributed by atoms with van der Waals surface area (Å²) in [6, 6.07) is 5.10. The standard InChI is InChI=1S/C10H11NO3S/c1-7-6-15(12,13)9-4-2-3-8(5-14-11)10(7)9/h2-4,6H,5,11H2,1H3. The van der Waals surface area contributed by atoms with E-state index >= 15 is 0 Å². The van der Waals surface area contributed by atoms with Crippen molar-refractivity contribution in [3.05, 3.63) is 34.7 Å². The van der Waals surface area contributed by atoms with Gasteiger partial charge in [0.15, 0.2) is 0 Å². The van der Waals surface area contributed by atoms with E-state index in [1.54, 1.807) is 19.1 Å². The second-order valence-corrected chi connectivity index (χ2v) is 5.21. The van der Waals surface area contributed by atoms with Crippen LogP contribution in [0.3, 0.4) is 0 Å². The van der Waals surface area contributed by atoms with Crippen molar-refractivity contribution in [3.63, 3.8) is 0 Å². The van der Waals surface area contributed by atoms with Gasteiger partial charge in [0.25, 0.3) is 0 Å². The lowest BCUT2D eigenvalue weighted by molar-refractivity contribution is 0.124. The Hall–Kier alpha value is -1.17. The number of sulfone groups is 1. The molecule has 0 unspecified atom stereocenters. The lowest BCUT2D eigenvalue weighted by Gasteiger charge is -2.07. The van der Waals surface area contributed by atoms with E-state index in [1.165, 1.54) is 5.41 Å². The van der Waals surface area contributed by atoms with Crippen molar-refractivity contribution in [2.75, 3.05) is 0 Å². The van der Waals surface area contributed by atoms with Gasteiger partial charge in [0.05, 0.1) is 11.5 Å². The molecule has 5 heteroatoms. The highest BCUT2D eigenvalue weighted by atomic mass is 32.2. The molecular weight excluding hydrogens is 214 g/mol. The first-order valence-corrected chi connectivity index (χ1v) is 5.98. The summed E-state index contributed by atoms with van der Waals surface area (Å²) in [5.74, 6) is 5.00. The predicted octanol–water partition coefficient (Wildman–Crippen LogP) is 1.23. The summed E-state index contributed by atoms with van der Waals surface area (Å²) < 4.78 is 23.3. The molecule has 0 saturated heterocycles. The Balaban J connectivity index is 2.69. The SMILES string of the molecule is CC1=CS(=O)(=O)c2cccc(CON)c21. The van der Waals surface area contributed by atoms with E-state index in [9.17, 15) is 8.42 Å². The summed E-state index contributed by atoms with van der Waals surface area (Å²) in [6.07, 6.45) is 0. The molecule has 2 rings (SSSR count). The fraction of sp³-hybridized carbons (Fsp3) is 0.200. The number of allylic oxidation sites excluding steroid dienone is 1. The van der Waals surface area contributed by atoms with Crippen LogP contribution in [-0.2, 0) is 21.3 Å². The van der Waals surface area contributed by atoms with E-state index in [-0.39, 0.29) is 6.61 Å². The maximum absolute atomic E-state index is 11.7. The van der Waals surface area contributed by atoms with Gasteiger partial charge in [-0.25, -0.2) is 14.3 Å². The van der Waals surface area contributed by atoms with Crippen molar-refractivity contribution in [2.24, 2.45) is 5.90 Å². The molecule has 0 saturated carbocycles. The fourth-order valence-corrected chi connectivity index (χ4v) is 3.38. The molecule has 4 nitrogen and oxygen atoms in total. The van der Waals surface area contributed by atoms with E-state index in [0.29, 0.717) is 4.90 Å². The van der Waals surface area contributed by atoms with Crippen LogP contribution >= 0.6 is 0 Å². The summed E-state index contributed by atoms with van der Waals surface area (Å²) in [5.41, 5.74) is 2.26. The lowest BCUT2D eigenvalue weighted by atomic mass is 10.0. The van der Waals surface area contributed by atoms with Crippen LogP contribution in [0, 0.1) is 0 Å². The summed E-state index contributed by atoms with van der Waals surface area (Å²) in [7, 11) is -3.25. The van der Waals surface area contributed by atoms with Gasteiger partial charge in [-0.3, -0.25) is 4.84 Å². The highest BCUT2D eigenvalue weighted by molar-refractivity contribution is 7.95. The monoisotopic (exact) mass is 225 g/mol. The van der Waals surface area contributed by atoms with Gasteiger partial charge in [-0.2, -0.15) is 0 Å². The van der Waals surface area contributed by atoms with Gasteiger partial charge in [-0.05, 0) is 24.1 Å². The van der Waals surface area contributed by atoms with E-state index in [4.69, 9.17) is 5.90 Å². The van der Waals surface area contributed by atoms with Crippen molar-refractivity contribution < 1.29 is 13.3 Å².